The van der Waals surface area contributed by atoms with Crippen molar-refractivity contribution in [1.29, 1.82) is 0 Å². The Morgan fingerprint density at radius 2 is 1.82 bits per heavy atom. The van der Waals surface area contributed by atoms with Crippen molar-refractivity contribution in [3.05, 3.63) is 35.9 Å². The van der Waals surface area contributed by atoms with Gasteiger partial charge < -0.3 is 10.1 Å². The number of rotatable bonds is 6. The zero-order valence-electron chi connectivity index (χ0n) is 13.5. The molecule has 1 aromatic rings. The lowest BCUT2D eigenvalue weighted by atomic mass is 10.1. The lowest BCUT2D eigenvalue weighted by molar-refractivity contribution is -0.133. The second-order valence-corrected chi connectivity index (χ2v) is 5.89. The lowest BCUT2D eigenvalue weighted by Crippen LogP contribution is -2.48. The number of benzene rings is 1. The number of nitrogens with one attached hydrogen (secondary N) is 2. The van der Waals surface area contributed by atoms with Gasteiger partial charge in [-0.15, -0.1) is 0 Å². The van der Waals surface area contributed by atoms with E-state index in [0.29, 0.717) is 12.8 Å². The van der Waals surface area contributed by atoms with Crippen molar-refractivity contribution < 1.29 is 19.2 Å². The summed E-state index contributed by atoms with van der Waals surface area (Å²) in [5, 5.41) is 2.58. The maximum absolute atomic E-state index is 12.0. The molecule has 0 bridgehead atoms. The summed E-state index contributed by atoms with van der Waals surface area (Å²) in [6, 6.07) is 9.01. The van der Waals surface area contributed by atoms with E-state index in [0.717, 1.165) is 5.56 Å². The van der Waals surface area contributed by atoms with Gasteiger partial charge in [-0.3, -0.25) is 9.63 Å². The summed E-state index contributed by atoms with van der Waals surface area (Å²) in [5.41, 5.74) is 2.71. The highest BCUT2D eigenvalue weighted by Gasteiger charge is 2.24. The minimum absolute atomic E-state index is 0.413. The van der Waals surface area contributed by atoms with Crippen molar-refractivity contribution in [3.8, 4) is 0 Å². The molecule has 0 aliphatic rings. The Labute approximate surface area is 131 Å². The second-order valence-electron chi connectivity index (χ2n) is 5.89. The number of hydrogen-bond donors (Lipinski definition) is 2. The van der Waals surface area contributed by atoms with Crippen LogP contribution in [0, 0.1) is 0 Å². The van der Waals surface area contributed by atoms with Crippen LogP contribution < -0.4 is 10.8 Å². The largest absolute Gasteiger partial charge is 0.444 e. The van der Waals surface area contributed by atoms with Gasteiger partial charge in [0.05, 0.1) is 7.11 Å². The Balaban J connectivity index is 2.63. The van der Waals surface area contributed by atoms with Crippen molar-refractivity contribution >= 4 is 12.0 Å². The quantitative estimate of drug-likeness (QED) is 0.790. The molecule has 122 valence electrons. The first-order chi connectivity index (χ1) is 10.3. The molecule has 0 unspecified atom stereocenters. The summed E-state index contributed by atoms with van der Waals surface area (Å²) in [4.78, 5) is 28.4. The second kappa shape index (κ2) is 8.38. The van der Waals surface area contributed by atoms with Crippen LogP contribution in [0.15, 0.2) is 30.3 Å². The zero-order chi connectivity index (χ0) is 16.6. The Morgan fingerprint density at radius 3 is 2.36 bits per heavy atom. The molecule has 22 heavy (non-hydrogen) atoms. The van der Waals surface area contributed by atoms with Crippen molar-refractivity contribution in [2.75, 3.05) is 7.11 Å². The number of carbonyl (C=O) groups excluding carboxylic acids is 2. The molecule has 0 heterocycles. The average molecular weight is 308 g/mol. The van der Waals surface area contributed by atoms with E-state index in [1.165, 1.54) is 7.11 Å². The molecule has 0 aliphatic carbocycles. The van der Waals surface area contributed by atoms with E-state index in [4.69, 9.17) is 4.74 Å². The molecule has 1 rings (SSSR count). The number of amides is 2. The van der Waals surface area contributed by atoms with E-state index in [9.17, 15) is 9.59 Å². The SMILES string of the molecule is CONC(=O)[C@H](CCc1ccccc1)NC(=O)OC(C)(C)C. The molecular weight excluding hydrogens is 284 g/mol. The fourth-order valence-electron chi connectivity index (χ4n) is 1.85. The first-order valence-electron chi connectivity index (χ1n) is 7.18. The summed E-state index contributed by atoms with van der Waals surface area (Å²) in [6.45, 7) is 5.29. The van der Waals surface area contributed by atoms with E-state index >= 15 is 0 Å². The monoisotopic (exact) mass is 308 g/mol. The number of aryl methyl sites for hydroxylation is 1. The molecule has 0 saturated carbocycles. The van der Waals surface area contributed by atoms with Gasteiger partial charge >= 0.3 is 6.09 Å². The Kier molecular flexibility index (Phi) is 6.85. The molecule has 1 aromatic carbocycles. The van der Waals surface area contributed by atoms with E-state index in [1.807, 2.05) is 30.3 Å². The predicted octanol–water partition coefficient (Wildman–Crippen LogP) is 2.19. The third-order valence-electron chi connectivity index (χ3n) is 2.77. The van der Waals surface area contributed by atoms with E-state index < -0.39 is 23.6 Å². The van der Waals surface area contributed by atoms with Gasteiger partial charge in [0.15, 0.2) is 0 Å². The van der Waals surface area contributed by atoms with Crippen molar-refractivity contribution in [2.24, 2.45) is 0 Å². The third-order valence-corrected chi connectivity index (χ3v) is 2.77. The summed E-state index contributed by atoms with van der Waals surface area (Å²) in [7, 11) is 1.35. The highest BCUT2D eigenvalue weighted by molar-refractivity contribution is 5.84. The highest BCUT2D eigenvalue weighted by Crippen LogP contribution is 2.09. The number of alkyl carbamates (subject to hydrolysis) is 1. The highest BCUT2D eigenvalue weighted by atomic mass is 16.6. The van der Waals surface area contributed by atoms with Crippen LogP contribution in [-0.2, 0) is 20.8 Å². The molecule has 6 heteroatoms. The Hall–Kier alpha value is -2.08. The minimum atomic E-state index is -0.727. The van der Waals surface area contributed by atoms with Crippen LogP contribution in [-0.4, -0.2) is 30.8 Å². The summed E-state index contributed by atoms with van der Waals surface area (Å²) >= 11 is 0. The first-order valence-corrected chi connectivity index (χ1v) is 7.18. The fourth-order valence-corrected chi connectivity index (χ4v) is 1.85. The molecule has 2 N–H and O–H groups in total. The molecule has 6 nitrogen and oxygen atoms in total. The Morgan fingerprint density at radius 1 is 1.18 bits per heavy atom. The van der Waals surface area contributed by atoms with Gasteiger partial charge in [0.25, 0.3) is 5.91 Å². The molecule has 1 atom stereocenters. The maximum Gasteiger partial charge on any atom is 0.408 e. The standard InChI is InChI=1S/C16H24N2O4/c1-16(2,3)22-15(20)17-13(14(19)18-21-4)11-10-12-8-6-5-7-9-12/h5-9,13H,10-11H2,1-4H3,(H,17,20)(H,18,19)/t13-/m0/s1. The number of carbonyl (C=O) groups is 2. The summed E-state index contributed by atoms with van der Waals surface area (Å²) < 4.78 is 5.18. The van der Waals surface area contributed by atoms with Crippen LogP contribution in [0.5, 0.6) is 0 Å². The molecule has 0 radical (unpaired) electrons. The molecule has 2 amide bonds. The zero-order valence-corrected chi connectivity index (χ0v) is 13.5. The van der Waals surface area contributed by atoms with Crippen molar-refractivity contribution in [2.45, 2.75) is 45.3 Å². The first kappa shape index (κ1) is 18.0. The summed E-state index contributed by atoms with van der Waals surface area (Å²) in [6.07, 6.45) is 0.466. The topological polar surface area (TPSA) is 76.7 Å². The number of ether oxygens (including phenoxy) is 1. The normalized spacial score (nSPS) is 12.4. The summed E-state index contributed by atoms with van der Waals surface area (Å²) in [5.74, 6) is -0.413. The van der Waals surface area contributed by atoms with Gasteiger partial charge in [0.2, 0.25) is 0 Å². The molecule has 0 aromatic heterocycles. The van der Waals surface area contributed by atoms with Gasteiger partial charge in [-0.05, 0) is 39.2 Å². The molecule has 0 fully saturated rings. The predicted molar refractivity (Wildman–Crippen MR) is 83.1 cm³/mol. The van der Waals surface area contributed by atoms with Crippen molar-refractivity contribution in [1.82, 2.24) is 10.8 Å². The lowest BCUT2D eigenvalue weighted by Gasteiger charge is -2.23. The van der Waals surface area contributed by atoms with E-state index in [1.54, 1.807) is 20.8 Å². The van der Waals surface area contributed by atoms with Gasteiger partial charge in [-0.25, -0.2) is 10.3 Å². The van der Waals surface area contributed by atoms with Gasteiger partial charge in [-0.2, -0.15) is 0 Å². The third kappa shape index (κ3) is 7.08. The van der Waals surface area contributed by atoms with Gasteiger partial charge in [0, 0.05) is 0 Å². The molecule has 0 saturated heterocycles. The minimum Gasteiger partial charge on any atom is -0.444 e. The number of hydroxylamine groups is 1. The van der Waals surface area contributed by atoms with Crippen LogP contribution in [0.3, 0.4) is 0 Å². The molecule has 0 aliphatic heterocycles. The van der Waals surface area contributed by atoms with E-state index in [2.05, 4.69) is 15.6 Å². The van der Waals surface area contributed by atoms with Gasteiger partial charge in [0.1, 0.15) is 11.6 Å². The average Bonchev–Trinajstić information content (AvgIpc) is 2.42. The van der Waals surface area contributed by atoms with Crippen LogP contribution in [0.25, 0.3) is 0 Å². The van der Waals surface area contributed by atoms with Crippen LogP contribution >= 0.6 is 0 Å². The van der Waals surface area contributed by atoms with Crippen LogP contribution in [0.2, 0.25) is 0 Å². The number of hydrogen-bond acceptors (Lipinski definition) is 4. The smallest absolute Gasteiger partial charge is 0.408 e. The van der Waals surface area contributed by atoms with Crippen LogP contribution in [0.4, 0.5) is 4.79 Å². The fraction of sp³-hybridized carbons (Fsp3) is 0.500. The van der Waals surface area contributed by atoms with Crippen LogP contribution in [0.1, 0.15) is 32.8 Å². The molecular formula is C16H24N2O4. The van der Waals surface area contributed by atoms with Crippen molar-refractivity contribution in [3.63, 3.8) is 0 Å². The maximum atomic E-state index is 12.0. The van der Waals surface area contributed by atoms with Gasteiger partial charge in [-0.1, -0.05) is 30.3 Å². The van der Waals surface area contributed by atoms with E-state index in [-0.39, 0.29) is 0 Å². The Bertz CT molecular complexity index is 483. The molecule has 0 spiro atoms.